The molecular formula is C14H13ClN2O2. The minimum atomic E-state index is -0.452. The molecule has 2 aromatic carbocycles. The molecule has 4 nitrogen and oxygen atoms in total. The van der Waals surface area contributed by atoms with Crippen molar-refractivity contribution in [1.82, 2.24) is 0 Å². The van der Waals surface area contributed by atoms with Crippen molar-refractivity contribution in [3.8, 4) is 5.75 Å². The van der Waals surface area contributed by atoms with Crippen LogP contribution in [0.1, 0.15) is 15.9 Å². The fourth-order valence-corrected chi connectivity index (χ4v) is 1.73. The molecule has 2 aromatic rings. The van der Waals surface area contributed by atoms with E-state index in [1.807, 2.05) is 0 Å². The van der Waals surface area contributed by atoms with Crippen molar-refractivity contribution in [2.24, 2.45) is 5.73 Å². The van der Waals surface area contributed by atoms with Gasteiger partial charge in [-0.2, -0.15) is 0 Å². The van der Waals surface area contributed by atoms with Crippen LogP contribution >= 0.6 is 11.6 Å². The lowest BCUT2D eigenvalue weighted by Crippen LogP contribution is -2.10. The van der Waals surface area contributed by atoms with Gasteiger partial charge in [-0.1, -0.05) is 23.7 Å². The number of ether oxygens (including phenoxy) is 1. The molecule has 0 atom stereocenters. The highest BCUT2D eigenvalue weighted by Crippen LogP contribution is 2.27. The Morgan fingerprint density at radius 1 is 1.16 bits per heavy atom. The molecule has 0 unspecified atom stereocenters. The summed E-state index contributed by atoms with van der Waals surface area (Å²) in [4.78, 5) is 10.9. The number of anilines is 1. The molecule has 0 radical (unpaired) electrons. The van der Waals surface area contributed by atoms with E-state index in [9.17, 15) is 4.79 Å². The van der Waals surface area contributed by atoms with E-state index in [2.05, 4.69) is 0 Å². The highest BCUT2D eigenvalue weighted by molar-refractivity contribution is 6.32. The smallest absolute Gasteiger partial charge is 0.248 e. The van der Waals surface area contributed by atoms with Gasteiger partial charge < -0.3 is 16.2 Å². The van der Waals surface area contributed by atoms with Gasteiger partial charge in [0, 0.05) is 17.3 Å². The Balaban J connectivity index is 2.06. The molecular weight excluding hydrogens is 264 g/mol. The van der Waals surface area contributed by atoms with E-state index in [1.54, 1.807) is 42.5 Å². The Labute approximate surface area is 115 Å². The minimum Gasteiger partial charge on any atom is -0.487 e. The summed E-state index contributed by atoms with van der Waals surface area (Å²) >= 11 is 5.99. The number of hydrogen-bond acceptors (Lipinski definition) is 3. The van der Waals surface area contributed by atoms with Crippen molar-refractivity contribution < 1.29 is 9.53 Å². The second-order valence-electron chi connectivity index (χ2n) is 4.04. The highest BCUT2D eigenvalue weighted by Gasteiger charge is 2.04. The van der Waals surface area contributed by atoms with Gasteiger partial charge in [0.2, 0.25) is 5.91 Å². The summed E-state index contributed by atoms with van der Waals surface area (Å²) in [6.45, 7) is 0.336. The van der Waals surface area contributed by atoms with Gasteiger partial charge in [0.05, 0.1) is 5.02 Å². The zero-order valence-electron chi connectivity index (χ0n) is 10.1. The molecule has 0 aliphatic heterocycles. The molecule has 0 aliphatic rings. The van der Waals surface area contributed by atoms with Crippen molar-refractivity contribution in [3.63, 3.8) is 0 Å². The van der Waals surface area contributed by atoms with Gasteiger partial charge in [-0.05, 0) is 29.8 Å². The summed E-state index contributed by atoms with van der Waals surface area (Å²) in [5.74, 6) is 0.0759. The summed E-state index contributed by atoms with van der Waals surface area (Å²) in [7, 11) is 0. The van der Waals surface area contributed by atoms with Gasteiger partial charge in [0.25, 0.3) is 0 Å². The molecule has 5 heteroatoms. The van der Waals surface area contributed by atoms with Crippen molar-refractivity contribution in [1.29, 1.82) is 0 Å². The maximum absolute atomic E-state index is 10.9. The third-order valence-corrected chi connectivity index (χ3v) is 2.90. The minimum absolute atomic E-state index is 0.336. The van der Waals surface area contributed by atoms with Gasteiger partial charge in [0.1, 0.15) is 12.4 Å². The largest absolute Gasteiger partial charge is 0.487 e. The van der Waals surface area contributed by atoms with E-state index >= 15 is 0 Å². The van der Waals surface area contributed by atoms with E-state index in [1.165, 1.54) is 0 Å². The van der Waals surface area contributed by atoms with Crippen molar-refractivity contribution in [2.75, 3.05) is 5.73 Å². The number of nitrogens with two attached hydrogens (primary N) is 2. The molecule has 2 rings (SSSR count). The number of halogens is 1. The third-order valence-electron chi connectivity index (χ3n) is 2.59. The molecule has 0 aliphatic carbocycles. The van der Waals surface area contributed by atoms with Gasteiger partial charge >= 0.3 is 0 Å². The molecule has 19 heavy (non-hydrogen) atoms. The molecule has 0 saturated carbocycles. The Morgan fingerprint density at radius 3 is 2.47 bits per heavy atom. The summed E-state index contributed by atoms with van der Waals surface area (Å²) in [5, 5.41) is 0.503. The van der Waals surface area contributed by atoms with E-state index in [0.29, 0.717) is 28.6 Å². The van der Waals surface area contributed by atoms with Crippen LogP contribution in [0.15, 0.2) is 42.5 Å². The monoisotopic (exact) mass is 276 g/mol. The number of carbonyl (C=O) groups is 1. The zero-order valence-corrected chi connectivity index (χ0v) is 10.9. The van der Waals surface area contributed by atoms with Crippen LogP contribution in [0.4, 0.5) is 5.69 Å². The predicted octanol–water partition coefficient (Wildman–Crippen LogP) is 2.60. The number of nitrogen functional groups attached to an aromatic ring is 1. The van der Waals surface area contributed by atoms with Crippen LogP contribution in [-0.4, -0.2) is 5.91 Å². The lowest BCUT2D eigenvalue weighted by Gasteiger charge is -2.09. The molecule has 0 fully saturated rings. The van der Waals surface area contributed by atoms with Gasteiger partial charge in [0.15, 0.2) is 0 Å². The molecule has 0 bridgehead atoms. The number of rotatable bonds is 4. The quantitative estimate of drug-likeness (QED) is 0.843. The predicted molar refractivity (Wildman–Crippen MR) is 75.2 cm³/mol. The fraction of sp³-hybridized carbons (Fsp3) is 0.0714. The number of primary amides is 1. The van der Waals surface area contributed by atoms with Crippen LogP contribution in [0.2, 0.25) is 5.02 Å². The van der Waals surface area contributed by atoms with Crippen LogP contribution in [0.5, 0.6) is 5.75 Å². The summed E-state index contributed by atoms with van der Waals surface area (Å²) in [6, 6.07) is 11.9. The number of hydrogen-bond donors (Lipinski definition) is 2. The first-order valence-corrected chi connectivity index (χ1v) is 6.00. The van der Waals surface area contributed by atoms with Crippen LogP contribution in [0.3, 0.4) is 0 Å². The number of benzene rings is 2. The first kappa shape index (κ1) is 13.2. The third kappa shape index (κ3) is 3.39. The highest BCUT2D eigenvalue weighted by atomic mass is 35.5. The van der Waals surface area contributed by atoms with Crippen molar-refractivity contribution in [2.45, 2.75) is 6.61 Å². The van der Waals surface area contributed by atoms with E-state index in [4.69, 9.17) is 27.8 Å². The molecule has 0 saturated heterocycles. The average Bonchev–Trinajstić information content (AvgIpc) is 2.40. The maximum atomic E-state index is 10.9. The Morgan fingerprint density at radius 2 is 1.84 bits per heavy atom. The van der Waals surface area contributed by atoms with Crippen LogP contribution in [-0.2, 0) is 6.61 Å². The van der Waals surface area contributed by atoms with Gasteiger partial charge in [-0.15, -0.1) is 0 Å². The molecule has 98 valence electrons. The Bertz CT molecular complexity index is 597. The molecule has 4 N–H and O–H groups in total. The Hall–Kier alpha value is -2.20. The lowest BCUT2D eigenvalue weighted by atomic mass is 10.1. The molecule has 0 heterocycles. The first-order valence-electron chi connectivity index (χ1n) is 5.63. The van der Waals surface area contributed by atoms with Crippen LogP contribution in [0, 0.1) is 0 Å². The SMILES string of the molecule is NC(=O)c1ccc(COc2cc(N)ccc2Cl)cc1. The first-order chi connectivity index (χ1) is 9.06. The molecule has 1 amide bonds. The van der Waals surface area contributed by atoms with E-state index in [-0.39, 0.29) is 0 Å². The van der Waals surface area contributed by atoms with Crippen LogP contribution < -0.4 is 16.2 Å². The Kier molecular flexibility index (Phi) is 3.92. The molecule has 0 spiro atoms. The number of amides is 1. The topological polar surface area (TPSA) is 78.3 Å². The maximum Gasteiger partial charge on any atom is 0.248 e. The van der Waals surface area contributed by atoms with Crippen LogP contribution in [0.25, 0.3) is 0 Å². The second kappa shape index (κ2) is 5.63. The van der Waals surface area contributed by atoms with Crippen molar-refractivity contribution >= 4 is 23.2 Å². The summed E-state index contributed by atoms with van der Waals surface area (Å²) in [5.41, 5.74) is 12.8. The lowest BCUT2D eigenvalue weighted by molar-refractivity contribution is 0.1000. The standard InChI is InChI=1S/C14H13ClN2O2/c15-12-6-5-11(16)7-13(12)19-8-9-1-3-10(4-2-9)14(17)18/h1-7H,8,16H2,(H2,17,18). The van der Waals surface area contributed by atoms with E-state index < -0.39 is 5.91 Å². The summed E-state index contributed by atoms with van der Waals surface area (Å²) in [6.07, 6.45) is 0. The normalized spacial score (nSPS) is 10.2. The van der Waals surface area contributed by atoms with E-state index in [0.717, 1.165) is 5.56 Å². The van der Waals surface area contributed by atoms with Crippen molar-refractivity contribution in [3.05, 3.63) is 58.6 Å². The molecule has 0 aromatic heterocycles. The number of carbonyl (C=O) groups excluding carboxylic acids is 1. The fourth-order valence-electron chi connectivity index (χ4n) is 1.56. The zero-order chi connectivity index (χ0) is 13.8. The van der Waals surface area contributed by atoms with Gasteiger partial charge in [-0.3, -0.25) is 4.79 Å². The van der Waals surface area contributed by atoms with Gasteiger partial charge in [-0.25, -0.2) is 0 Å². The second-order valence-corrected chi connectivity index (χ2v) is 4.45. The summed E-state index contributed by atoms with van der Waals surface area (Å²) < 4.78 is 5.58. The average molecular weight is 277 g/mol.